The number of aryl methyl sites for hydroxylation is 1. The average molecular weight is 513 g/mol. The fourth-order valence-corrected chi connectivity index (χ4v) is 5.08. The number of carbonyl (C=O) groups is 3. The van der Waals surface area contributed by atoms with Gasteiger partial charge in [-0.2, -0.15) is 0 Å². The molecule has 2 aromatic rings. The predicted molar refractivity (Wildman–Crippen MR) is 140 cm³/mol. The van der Waals surface area contributed by atoms with Crippen LogP contribution < -0.4 is 5.73 Å². The minimum atomic E-state index is -1.82. The Morgan fingerprint density at radius 1 is 1.05 bits per heavy atom. The molecule has 5 rings (SSSR count). The molecule has 2 amide bonds. The van der Waals surface area contributed by atoms with Crippen LogP contribution in [0.5, 0.6) is 0 Å². The molecule has 2 aliphatic carbocycles. The number of benzene rings is 2. The Hall–Kier alpha value is -4.59. The maximum atomic E-state index is 14.6. The van der Waals surface area contributed by atoms with Gasteiger partial charge in [0.2, 0.25) is 11.3 Å². The standard InChI is InChI=1S/C30H28N2O6/c1-19-8-7-9-20(16-19)23-12-5-6-13-24(23)27(33)32(22-14-15-22)30(29(31)36,21-10-3-2-4-11-21)26-18-37-25(17-38-26)28(34)35/h2-3,5-10,12-13,16-18,22H,4,11,14-15H2,1H3,(H2,31,36)(H,34,35). The number of ether oxygens (including phenoxy) is 2. The van der Waals surface area contributed by atoms with Crippen LogP contribution in [0.25, 0.3) is 11.1 Å². The fourth-order valence-electron chi connectivity index (χ4n) is 5.08. The number of aliphatic carboxylic acids is 1. The second-order valence-corrected chi connectivity index (χ2v) is 9.56. The normalized spacial score (nSPS) is 18.1. The van der Waals surface area contributed by atoms with Gasteiger partial charge in [0, 0.05) is 11.6 Å². The molecule has 1 fully saturated rings. The third-order valence-corrected chi connectivity index (χ3v) is 6.97. The molecular formula is C30H28N2O6. The van der Waals surface area contributed by atoms with Crippen molar-refractivity contribution in [2.45, 2.75) is 44.2 Å². The maximum absolute atomic E-state index is 14.6. The number of rotatable bonds is 8. The van der Waals surface area contributed by atoms with Crippen molar-refractivity contribution >= 4 is 17.8 Å². The summed E-state index contributed by atoms with van der Waals surface area (Å²) in [6, 6.07) is 14.9. The van der Waals surface area contributed by atoms with Gasteiger partial charge in [-0.15, -0.1) is 0 Å². The van der Waals surface area contributed by atoms with Gasteiger partial charge in [-0.1, -0.05) is 66.3 Å². The van der Waals surface area contributed by atoms with Crippen LogP contribution in [0.15, 0.2) is 96.4 Å². The Kier molecular flexibility index (Phi) is 6.63. The van der Waals surface area contributed by atoms with E-state index in [1.807, 2.05) is 55.5 Å². The van der Waals surface area contributed by atoms with Crippen LogP contribution in [-0.4, -0.2) is 39.4 Å². The smallest absolute Gasteiger partial charge is 0.375 e. The molecule has 2 aromatic carbocycles. The van der Waals surface area contributed by atoms with E-state index in [1.54, 1.807) is 18.2 Å². The minimum absolute atomic E-state index is 0.0511. The van der Waals surface area contributed by atoms with Gasteiger partial charge in [0.15, 0.2) is 5.76 Å². The van der Waals surface area contributed by atoms with Gasteiger partial charge in [0.05, 0.1) is 0 Å². The van der Waals surface area contributed by atoms with E-state index in [0.29, 0.717) is 36.8 Å². The van der Waals surface area contributed by atoms with Crippen LogP contribution in [0.1, 0.15) is 41.6 Å². The van der Waals surface area contributed by atoms with E-state index in [4.69, 9.17) is 15.2 Å². The van der Waals surface area contributed by atoms with E-state index in [1.165, 1.54) is 4.90 Å². The second-order valence-electron chi connectivity index (χ2n) is 9.56. The number of carbonyl (C=O) groups excluding carboxylic acids is 2. The Morgan fingerprint density at radius 2 is 1.84 bits per heavy atom. The third-order valence-electron chi connectivity index (χ3n) is 6.97. The molecule has 194 valence electrons. The molecule has 8 heteroatoms. The first-order chi connectivity index (χ1) is 18.3. The van der Waals surface area contributed by atoms with Gasteiger partial charge < -0.3 is 25.2 Å². The molecule has 38 heavy (non-hydrogen) atoms. The number of hydrogen-bond donors (Lipinski definition) is 2. The van der Waals surface area contributed by atoms with Gasteiger partial charge in [0.1, 0.15) is 12.5 Å². The zero-order valence-electron chi connectivity index (χ0n) is 20.9. The van der Waals surface area contributed by atoms with Crippen LogP contribution >= 0.6 is 0 Å². The molecule has 0 radical (unpaired) electrons. The topological polar surface area (TPSA) is 119 Å². The quantitative estimate of drug-likeness (QED) is 0.534. The maximum Gasteiger partial charge on any atom is 0.375 e. The van der Waals surface area contributed by atoms with E-state index in [0.717, 1.165) is 29.2 Å². The zero-order chi connectivity index (χ0) is 26.9. The molecule has 1 aliphatic heterocycles. The van der Waals surface area contributed by atoms with Crippen LogP contribution in [0.2, 0.25) is 0 Å². The monoisotopic (exact) mass is 512 g/mol. The number of nitrogens with two attached hydrogens (primary N) is 1. The number of allylic oxidation sites excluding steroid dienone is 3. The molecule has 8 nitrogen and oxygen atoms in total. The van der Waals surface area contributed by atoms with Crippen molar-refractivity contribution in [2.75, 3.05) is 0 Å². The Labute approximate surface area is 220 Å². The number of primary amides is 1. The summed E-state index contributed by atoms with van der Waals surface area (Å²) in [7, 11) is 0. The summed E-state index contributed by atoms with van der Waals surface area (Å²) in [4.78, 5) is 41.1. The van der Waals surface area contributed by atoms with Crippen molar-refractivity contribution < 1.29 is 29.0 Å². The number of carboxylic acids is 1. The zero-order valence-corrected chi connectivity index (χ0v) is 20.9. The molecule has 1 unspecified atom stereocenters. The van der Waals surface area contributed by atoms with Gasteiger partial charge in [-0.25, -0.2) is 4.79 Å². The highest BCUT2D eigenvalue weighted by Crippen LogP contribution is 2.46. The lowest BCUT2D eigenvalue weighted by Gasteiger charge is -2.44. The van der Waals surface area contributed by atoms with Crippen LogP contribution in [-0.2, 0) is 19.1 Å². The van der Waals surface area contributed by atoms with E-state index in [-0.39, 0.29) is 17.7 Å². The summed E-state index contributed by atoms with van der Waals surface area (Å²) in [5.41, 5.74) is 7.99. The largest absolute Gasteiger partial charge is 0.475 e. The second kappa shape index (κ2) is 10.0. The summed E-state index contributed by atoms with van der Waals surface area (Å²) in [6.45, 7) is 1.98. The highest BCUT2D eigenvalue weighted by atomic mass is 16.6. The lowest BCUT2D eigenvalue weighted by Crippen LogP contribution is -2.63. The van der Waals surface area contributed by atoms with E-state index >= 15 is 0 Å². The summed E-state index contributed by atoms with van der Waals surface area (Å²) in [5, 5.41) is 9.31. The van der Waals surface area contributed by atoms with E-state index in [9.17, 15) is 19.5 Å². The number of carboxylic acid groups (broad SMARTS) is 1. The molecule has 1 heterocycles. The Morgan fingerprint density at radius 3 is 2.45 bits per heavy atom. The first-order valence-electron chi connectivity index (χ1n) is 12.5. The van der Waals surface area contributed by atoms with Gasteiger partial charge >= 0.3 is 5.97 Å². The fraction of sp³-hybridized carbons (Fsp3) is 0.233. The number of nitrogens with zero attached hydrogens (tertiary/aromatic N) is 1. The Bertz CT molecular complexity index is 1430. The van der Waals surface area contributed by atoms with Crippen molar-refractivity contribution in [1.29, 1.82) is 0 Å². The van der Waals surface area contributed by atoms with Crippen molar-refractivity contribution in [2.24, 2.45) is 5.73 Å². The van der Waals surface area contributed by atoms with Gasteiger partial charge in [-0.05, 0) is 55.4 Å². The van der Waals surface area contributed by atoms with Crippen molar-refractivity contribution in [1.82, 2.24) is 4.90 Å². The summed E-state index contributed by atoms with van der Waals surface area (Å²) in [6.07, 6.45) is 9.98. The molecule has 1 atom stereocenters. The first kappa shape index (κ1) is 25.1. The van der Waals surface area contributed by atoms with Crippen molar-refractivity contribution in [3.05, 3.63) is 108 Å². The summed E-state index contributed by atoms with van der Waals surface area (Å²) >= 11 is 0. The summed E-state index contributed by atoms with van der Waals surface area (Å²) in [5.74, 6) is -3.01. The lowest BCUT2D eigenvalue weighted by molar-refractivity contribution is -0.136. The summed E-state index contributed by atoms with van der Waals surface area (Å²) < 4.78 is 11.1. The number of amides is 2. The molecule has 1 saturated carbocycles. The third kappa shape index (κ3) is 4.38. The van der Waals surface area contributed by atoms with E-state index in [2.05, 4.69) is 0 Å². The SMILES string of the molecule is Cc1cccc(-c2ccccc2C(=O)N(C2CC2)C(C(N)=O)(C2=CC=CCC2)C2=COC(C(=O)O)=CO2)c1. The highest BCUT2D eigenvalue weighted by molar-refractivity contribution is 6.06. The molecule has 0 spiro atoms. The Balaban J connectivity index is 1.69. The van der Waals surface area contributed by atoms with Gasteiger partial charge in [0.25, 0.3) is 11.8 Å². The van der Waals surface area contributed by atoms with Crippen LogP contribution in [0, 0.1) is 6.92 Å². The molecule has 0 bridgehead atoms. The highest BCUT2D eigenvalue weighted by Gasteiger charge is 2.58. The van der Waals surface area contributed by atoms with Crippen molar-refractivity contribution in [3.8, 4) is 11.1 Å². The molecule has 3 N–H and O–H groups in total. The van der Waals surface area contributed by atoms with Crippen molar-refractivity contribution in [3.63, 3.8) is 0 Å². The van der Waals surface area contributed by atoms with Crippen LogP contribution in [0.3, 0.4) is 0 Å². The number of hydrogen-bond acceptors (Lipinski definition) is 5. The molecule has 3 aliphatic rings. The van der Waals surface area contributed by atoms with E-state index < -0.39 is 23.2 Å². The first-order valence-corrected chi connectivity index (χ1v) is 12.5. The van der Waals surface area contributed by atoms with Gasteiger partial charge in [-0.3, -0.25) is 9.59 Å². The van der Waals surface area contributed by atoms with Crippen LogP contribution in [0.4, 0.5) is 0 Å². The average Bonchev–Trinajstić information content (AvgIpc) is 3.77. The minimum Gasteiger partial charge on any atom is -0.475 e. The molecule has 0 saturated heterocycles. The lowest BCUT2D eigenvalue weighted by atomic mass is 9.79. The predicted octanol–water partition coefficient (Wildman–Crippen LogP) is 4.58. The molecular weight excluding hydrogens is 484 g/mol. The molecule has 0 aromatic heterocycles.